The first kappa shape index (κ1) is 31.1. The fourth-order valence-electron chi connectivity index (χ4n) is 5.08. The van der Waals surface area contributed by atoms with E-state index in [0.717, 1.165) is 54.0 Å². The summed E-state index contributed by atoms with van der Waals surface area (Å²) in [5.41, 5.74) is 3.06. The van der Waals surface area contributed by atoms with Crippen LogP contribution < -0.4 is 15.5 Å². The summed E-state index contributed by atoms with van der Waals surface area (Å²) in [4.78, 5) is 20.2. The lowest BCUT2D eigenvalue weighted by molar-refractivity contribution is 0.0830. The molecule has 0 aliphatic carbocycles. The van der Waals surface area contributed by atoms with Crippen LogP contribution in [0, 0.1) is 11.6 Å². The van der Waals surface area contributed by atoms with E-state index in [1.807, 2.05) is 31.3 Å². The second-order valence-corrected chi connectivity index (χ2v) is 10.8. The summed E-state index contributed by atoms with van der Waals surface area (Å²) in [5.74, 6) is -1.02. The van der Waals surface area contributed by atoms with Crippen molar-refractivity contribution in [2.75, 3.05) is 25.0 Å². The van der Waals surface area contributed by atoms with Gasteiger partial charge in [0.25, 0.3) is 5.91 Å². The normalized spacial score (nSPS) is 12.7. The number of nitrogens with zero attached hydrogens (tertiary/aromatic N) is 2. The average Bonchev–Trinajstić information content (AvgIpc) is 2.98. The van der Waals surface area contributed by atoms with Gasteiger partial charge < -0.3 is 20.6 Å². The summed E-state index contributed by atoms with van der Waals surface area (Å²) in [5, 5.41) is 19.2. The van der Waals surface area contributed by atoms with Gasteiger partial charge in [-0.3, -0.25) is 4.79 Å². The molecule has 8 heteroatoms. The second kappa shape index (κ2) is 14.8. The molecule has 0 aliphatic heterocycles. The van der Waals surface area contributed by atoms with Crippen molar-refractivity contribution in [2.24, 2.45) is 0 Å². The number of hydrogen-bond acceptors (Lipinski definition) is 5. The lowest BCUT2D eigenvalue weighted by Crippen LogP contribution is -2.48. The van der Waals surface area contributed by atoms with Crippen LogP contribution in [0.25, 0.3) is 10.8 Å². The Labute approximate surface area is 246 Å². The number of aryl methyl sites for hydroxylation is 1. The largest absolute Gasteiger partial charge is 0.390 e. The third kappa shape index (κ3) is 8.33. The number of amides is 1. The molecular weight excluding hydrogens is 534 g/mol. The van der Waals surface area contributed by atoms with Gasteiger partial charge in [0.1, 0.15) is 17.5 Å². The van der Waals surface area contributed by atoms with Gasteiger partial charge in [-0.25, -0.2) is 13.8 Å². The van der Waals surface area contributed by atoms with Gasteiger partial charge in [-0.05, 0) is 71.7 Å². The number of benzene rings is 3. The van der Waals surface area contributed by atoms with E-state index in [1.165, 1.54) is 17.7 Å². The summed E-state index contributed by atoms with van der Waals surface area (Å²) in [6.45, 7) is 5.78. The Bertz CT molecular complexity index is 1480. The number of unbranched alkanes of at least 4 members (excludes halogenated alkanes) is 1. The van der Waals surface area contributed by atoms with E-state index in [2.05, 4.69) is 46.5 Å². The molecular formula is C34H40F2N4O2. The molecule has 0 spiro atoms. The minimum Gasteiger partial charge on any atom is -0.390 e. The smallest absolute Gasteiger partial charge is 0.251 e. The predicted molar refractivity (Wildman–Crippen MR) is 165 cm³/mol. The van der Waals surface area contributed by atoms with Crippen molar-refractivity contribution in [3.8, 4) is 0 Å². The number of carbonyl (C=O) groups is 1. The first-order valence-electron chi connectivity index (χ1n) is 14.6. The second-order valence-electron chi connectivity index (χ2n) is 10.8. The Morgan fingerprint density at radius 3 is 2.48 bits per heavy atom. The van der Waals surface area contributed by atoms with Crippen LogP contribution in [-0.4, -0.2) is 48.3 Å². The van der Waals surface area contributed by atoms with Crippen molar-refractivity contribution in [3.05, 3.63) is 107 Å². The molecule has 3 N–H and O–H groups in total. The van der Waals surface area contributed by atoms with Crippen molar-refractivity contribution < 1.29 is 18.7 Å². The molecule has 42 heavy (non-hydrogen) atoms. The number of rotatable bonds is 14. The van der Waals surface area contributed by atoms with Crippen molar-refractivity contribution >= 4 is 22.5 Å². The van der Waals surface area contributed by atoms with Gasteiger partial charge in [-0.15, -0.1) is 0 Å². The van der Waals surface area contributed by atoms with Crippen LogP contribution in [0.3, 0.4) is 0 Å². The highest BCUT2D eigenvalue weighted by atomic mass is 19.1. The molecule has 0 radical (unpaired) electrons. The minimum absolute atomic E-state index is 0.0503. The number of aromatic nitrogens is 1. The molecule has 3 aromatic carbocycles. The molecule has 0 saturated carbocycles. The fourth-order valence-corrected chi connectivity index (χ4v) is 5.08. The maximum absolute atomic E-state index is 14.0. The summed E-state index contributed by atoms with van der Waals surface area (Å²) in [6, 6.07) is 17.9. The van der Waals surface area contributed by atoms with E-state index >= 15 is 0 Å². The van der Waals surface area contributed by atoms with Crippen LogP contribution >= 0.6 is 0 Å². The fraction of sp³-hybridized carbons (Fsp3) is 0.353. The van der Waals surface area contributed by atoms with E-state index in [0.29, 0.717) is 17.7 Å². The van der Waals surface area contributed by atoms with E-state index in [4.69, 9.17) is 0 Å². The summed E-state index contributed by atoms with van der Waals surface area (Å²) in [6.07, 6.45) is 3.79. The molecule has 4 aromatic rings. The van der Waals surface area contributed by atoms with Crippen LogP contribution in [0.2, 0.25) is 0 Å². The molecule has 1 aromatic heterocycles. The summed E-state index contributed by atoms with van der Waals surface area (Å²) >= 11 is 0. The number of pyridine rings is 1. The highest BCUT2D eigenvalue weighted by Crippen LogP contribution is 2.25. The average molecular weight is 575 g/mol. The van der Waals surface area contributed by atoms with Gasteiger partial charge in [-0.2, -0.15) is 0 Å². The number of fused-ring (bicyclic) bond motifs is 1. The highest BCUT2D eigenvalue weighted by Gasteiger charge is 2.23. The molecule has 4 rings (SSSR count). The quantitative estimate of drug-likeness (QED) is 0.177. The summed E-state index contributed by atoms with van der Waals surface area (Å²) < 4.78 is 28.0. The maximum atomic E-state index is 14.0. The molecule has 0 aliphatic rings. The van der Waals surface area contributed by atoms with E-state index in [-0.39, 0.29) is 18.9 Å². The van der Waals surface area contributed by atoms with Crippen LogP contribution in [0.5, 0.6) is 0 Å². The molecule has 222 valence electrons. The highest BCUT2D eigenvalue weighted by molar-refractivity contribution is 6.01. The van der Waals surface area contributed by atoms with Crippen molar-refractivity contribution in [1.82, 2.24) is 15.6 Å². The Morgan fingerprint density at radius 1 is 0.976 bits per heavy atom. The van der Waals surface area contributed by atoms with E-state index < -0.39 is 23.8 Å². The Balaban J connectivity index is 1.53. The number of aliphatic hydroxyl groups excluding tert-OH is 1. The Kier molecular flexibility index (Phi) is 11.0. The monoisotopic (exact) mass is 574 g/mol. The van der Waals surface area contributed by atoms with Crippen LogP contribution in [0.15, 0.2) is 72.9 Å². The minimum atomic E-state index is -1.02. The molecule has 0 fully saturated rings. The van der Waals surface area contributed by atoms with Gasteiger partial charge in [0.2, 0.25) is 0 Å². The maximum Gasteiger partial charge on any atom is 0.251 e. The number of hydrogen-bond donors (Lipinski definition) is 3. The molecule has 6 nitrogen and oxygen atoms in total. The first-order valence-corrected chi connectivity index (χ1v) is 14.6. The topological polar surface area (TPSA) is 77.5 Å². The van der Waals surface area contributed by atoms with Crippen LogP contribution in [0.4, 0.5) is 14.6 Å². The first-order chi connectivity index (χ1) is 20.3. The summed E-state index contributed by atoms with van der Waals surface area (Å²) in [7, 11) is 1.99. The molecule has 0 saturated heterocycles. The Morgan fingerprint density at radius 2 is 1.74 bits per heavy atom. The van der Waals surface area contributed by atoms with Gasteiger partial charge >= 0.3 is 0 Å². The van der Waals surface area contributed by atoms with Crippen LogP contribution in [-0.2, 0) is 19.4 Å². The zero-order valence-corrected chi connectivity index (χ0v) is 24.5. The molecule has 0 bridgehead atoms. The van der Waals surface area contributed by atoms with Gasteiger partial charge in [0, 0.05) is 49.9 Å². The predicted octanol–water partition coefficient (Wildman–Crippen LogP) is 5.80. The molecule has 1 amide bonds. The SMILES string of the molecule is CCCCN(C)c1nccc2ccc(C(=O)NC(Cc3cc(F)cc(F)c3)C(O)CNCc3cccc(CC)c3)cc12. The zero-order chi connectivity index (χ0) is 30.1. The lowest BCUT2D eigenvalue weighted by atomic mass is 9.99. The van der Waals surface area contributed by atoms with Crippen molar-refractivity contribution in [1.29, 1.82) is 0 Å². The van der Waals surface area contributed by atoms with Crippen molar-refractivity contribution in [3.63, 3.8) is 0 Å². The zero-order valence-electron chi connectivity index (χ0n) is 24.5. The standard InChI is InChI=1S/C34H40F2N4O2/c1-4-6-14-40(3)33-30-19-27(11-10-26(30)12-13-38-33)34(42)39-31(18-25-16-28(35)20-29(36)17-25)32(41)22-37-21-24-9-7-8-23(5-2)15-24/h7-13,15-17,19-20,31-32,37,41H,4-6,14,18,21-22H2,1-3H3,(H,39,42). The third-order valence-electron chi connectivity index (χ3n) is 7.46. The van der Waals surface area contributed by atoms with Gasteiger partial charge in [0.15, 0.2) is 0 Å². The van der Waals surface area contributed by atoms with Crippen molar-refractivity contribution in [2.45, 2.75) is 58.2 Å². The molecule has 2 unspecified atom stereocenters. The number of nitrogens with one attached hydrogen (secondary N) is 2. The molecule has 1 heterocycles. The number of aliphatic hydroxyl groups is 1. The molecule has 2 atom stereocenters. The van der Waals surface area contributed by atoms with E-state index in [9.17, 15) is 18.7 Å². The number of carbonyl (C=O) groups excluding carboxylic acids is 1. The van der Waals surface area contributed by atoms with E-state index in [1.54, 1.807) is 18.3 Å². The van der Waals surface area contributed by atoms with Gasteiger partial charge in [-0.1, -0.05) is 50.6 Å². The van der Waals surface area contributed by atoms with Gasteiger partial charge in [0.05, 0.1) is 12.1 Å². The van der Waals surface area contributed by atoms with Crippen LogP contribution in [0.1, 0.15) is 53.7 Å². The Hall–Kier alpha value is -3.88. The third-order valence-corrected chi connectivity index (χ3v) is 7.46. The number of anilines is 1. The number of halogens is 2. The lowest BCUT2D eigenvalue weighted by Gasteiger charge is -2.25.